The van der Waals surface area contributed by atoms with Crippen LogP contribution in [0.2, 0.25) is 0 Å². The van der Waals surface area contributed by atoms with Crippen LogP contribution >= 0.6 is 0 Å². The Balaban J connectivity index is 2.13. The fraction of sp³-hybridized carbons (Fsp3) is 0.545. The molecule has 1 aliphatic rings. The molecule has 7 heteroatoms. The quantitative estimate of drug-likeness (QED) is 0.670. The van der Waals surface area contributed by atoms with E-state index in [0.717, 1.165) is 6.42 Å². The van der Waals surface area contributed by atoms with Gasteiger partial charge in [0.25, 0.3) is 0 Å². The molecule has 1 aliphatic heterocycles. The van der Waals surface area contributed by atoms with E-state index >= 15 is 0 Å². The minimum absolute atomic E-state index is 0.0206. The summed E-state index contributed by atoms with van der Waals surface area (Å²) in [5.41, 5.74) is 0.140. The number of carboxylic acid groups (broad SMARTS) is 1. The van der Waals surface area contributed by atoms with E-state index in [1.54, 1.807) is 6.20 Å². The average molecular weight is 253 g/mol. The van der Waals surface area contributed by atoms with E-state index in [0.29, 0.717) is 18.8 Å². The number of carboxylic acids is 1. The zero-order valence-electron chi connectivity index (χ0n) is 9.96. The molecule has 0 aliphatic carbocycles. The van der Waals surface area contributed by atoms with Crippen LogP contribution in [-0.4, -0.2) is 37.7 Å². The molecule has 0 spiro atoms. The van der Waals surface area contributed by atoms with Crippen molar-refractivity contribution >= 4 is 11.9 Å². The van der Waals surface area contributed by atoms with Gasteiger partial charge in [-0.1, -0.05) is 0 Å². The predicted octanol–water partition coefficient (Wildman–Crippen LogP) is -0.548. The minimum atomic E-state index is -1.60. The molecule has 0 fully saturated rings. The first-order valence-electron chi connectivity index (χ1n) is 5.71. The molecule has 7 nitrogen and oxygen atoms in total. The van der Waals surface area contributed by atoms with Crippen LogP contribution in [0.15, 0.2) is 6.20 Å². The molecule has 18 heavy (non-hydrogen) atoms. The Labute approximate surface area is 103 Å². The highest BCUT2D eigenvalue weighted by atomic mass is 16.4. The number of aliphatic hydroxyl groups excluding tert-OH is 1. The first kappa shape index (κ1) is 12.6. The smallest absolute Gasteiger partial charge is 0.338 e. The van der Waals surface area contributed by atoms with Crippen molar-refractivity contribution < 1.29 is 19.8 Å². The number of aliphatic carboxylic acids is 1. The first-order chi connectivity index (χ1) is 8.47. The summed E-state index contributed by atoms with van der Waals surface area (Å²) in [4.78, 5) is 25.7. The third-order valence-corrected chi connectivity index (χ3v) is 2.95. The lowest BCUT2D eigenvalue weighted by molar-refractivity contribution is -0.147. The number of nitrogens with one attached hydrogen (secondary N) is 1. The fourth-order valence-corrected chi connectivity index (χ4v) is 2.12. The summed E-state index contributed by atoms with van der Waals surface area (Å²) in [5.74, 6) is -0.718. The van der Waals surface area contributed by atoms with Gasteiger partial charge in [-0.3, -0.25) is 4.79 Å². The second kappa shape index (κ2) is 4.77. The maximum atomic E-state index is 11.0. The Kier molecular flexibility index (Phi) is 3.33. The summed E-state index contributed by atoms with van der Waals surface area (Å²) in [6.07, 6.45) is 1.28. The summed E-state index contributed by atoms with van der Waals surface area (Å²) in [6.45, 7) is 2.11. The Bertz CT molecular complexity index is 483. The van der Waals surface area contributed by atoms with Gasteiger partial charge in [-0.25, -0.2) is 9.78 Å². The predicted molar refractivity (Wildman–Crippen MR) is 60.7 cm³/mol. The fourth-order valence-electron chi connectivity index (χ4n) is 2.12. The summed E-state index contributed by atoms with van der Waals surface area (Å²) >= 11 is 0. The second-order valence-corrected chi connectivity index (χ2v) is 4.41. The number of aryl methyl sites for hydroxylation is 1. The normalized spacial score (nSPS) is 20.0. The maximum absolute atomic E-state index is 11.0. The minimum Gasteiger partial charge on any atom is -0.479 e. The number of amides is 1. The summed E-state index contributed by atoms with van der Waals surface area (Å²) in [5, 5.41) is 20.9. The molecule has 2 atom stereocenters. The summed E-state index contributed by atoms with van der Waals surface area (Å²) in [6, 6.07) is 0.0206. The molecule has 98 valence electrons. The molecule has 1 aromatic rings. The van der Waals surface area contributed by atoms with Crippen molar-refractivity contribution in [2.75, 3.05) is 0 Å². The van der Waals surface area contributed by atoms with Crippen LogP contribution in [0.5, 0.6) is 0 Å². The van der Waals surface area contributed by atoms with Crippen LogP contribution in [0, 0.1) is 0 Å². The number of hydrogen-bond donors (Lipinski definition) is 3. The standard InChI is InChI=1S/C11H15N3O4/c1-6(15)12-7-2-3-14-5-8(10(16)11(17)18)13-9(14)4-7/h5,7,10,16H,2-4H2,1H3,(H,12,15)(H,17,18). The van der Waals surface area contributed by atoms with E-state index in [9.17, 15) is 14.7 Å². The third-order valence-electron chi connectivity index (χ3n) is 2.95. The number of fused-ring (bicyclic) bond motifs is 1. The SMILES string of the molecule is CC(=O)NC1CCn2cc(C(O)C(=O)O)nc2C1. The van der Waals surface area contributed by atoms with E-state index < -0.39 is 12.1 Å². The van der Waals surface area contributed by atoms with Gasteiger partial charge in [-0.2, -0.15) is 0 Å². The molecule has 0 radical (unpaired) electrons. The van der Waals surface area contributed by atoms with E-state index in [2.05, 4.69) is 10.3 Å². The highest BCUT2D eigenvalue weighted by molar-refractivity contribution is 5.73. The van der Waals surface area contributed by atoms with E-state index in [1.165, 1.54) is 6.92 Å². The van der Waals surface area contributed by atoms with E-state index in [-0.39, 0.29) is 17.6 Å². The number of hydrogen-bond acceptors (Lipinski definition) is 4. The van der Waals surface area contributed by atoms with Crippen LogP contribution in [0.3, 0.4) is 0 Å². The van der Waals surface area contributed by atoms with Gasteiger partial charge in [-0.05, 0) is 6.42 Å². The first-order valence-corrected chi connectivity index (χ1v) is 5.71. The van der Waals surface area contributed by atoms with Gasteiger partial charge in [-0.15, -0.1) is 0 Å². The number of carbonyl (C=O) groups excluding carboxylic acids is 1. The highest BCUT2D eigenvalue weighted by Gasteiger charge is 2.25. The number of carbonyl (C=O) groups is 2. The van der Waals surface area contributed by atoms with Gasteiger partial charge in [0.05, 0.1) is 5.69 Å². The Hall–Kier alpha value is -1.89. The van der Waals surface area contributed by atoms with Crippen LogP contribution in [0.25, 0.3) is 0 Å². The molecule has 2 unspecified atom stereocenters. The average Bonchev–Trinajstić information content (AvgIpc) is 2.69. The van der Waals surface area contributed by atoms with Crippen molar-refractivity contribution in [3.63, 3.8) is 0 Å². The molecule has 0 saturated heterocycles. The second-order valence-electron chi connectivity index (χ2n) is 4.41. The van der Waals surface area contributed by atoms with E-state index in [4.69, 9.17) is 5.11 Å². The zero-order chi connectivity index (χ0) is 13.3. The van der Waals surface area contributed by atoms with E-state index in [1.807, 2.05) is 4.57 Å². The Morgan fingerprint density at radius 2 is 2.33 bits per heavy atom. The molecule has 0 bridgehead atoms. The van der Waals surface area contributed by atoms with Crippen molar-refractivity contribution in [2.45, 2.75) is 38.5 Å². The molecule has 0 aromatic carbocycles. The van der Waals surface area contributed by atoms with Crippen molar-refractivity contribution in [1.82, 2.24) is 14.9 Å². The topological polar surface area (TPSA) is 104 Å². The lowest BCUT2D eigenvalue weighted by Gasteiger charge is -2.23. The molecule has 2 heterocycles. The number of rotatable bonds is 3. The maximum Gasteiger partial charge on any atom is 0.338 e. The van der Waals surface area contributed by atoms with Crippen LogP contribution < -0.4 is 5.32 Å². The third kappa shape index (κ3) is 2.51. The van der Waals surface area contributed by atoms with Crippen LogP contribution in [0.4, 0.5) is 0 Å². The Morgan fingerprint density at radius 3 is 2.94 bits per heavy atom. The van der Waals surface area contributed by atoms with Crippen LogP contribution in [-0.2, 0) is 22.6 Å². The van der Waals surface area contributed by atoms with Gasteiger partial charge >= 0.3 is 5.97 Å². The number of aliphatic hydroxyl groups is 1. The van der Waals surface area contributed by atoms with Gasteiger partial charge in [0.2, 0.25) is 5.91 Å². The number of aromatic nitrogens is 2. The molecule has 1 amide bonds. The summed E-state index contributed by atoms with van der Waals surface area (Å²) in [7, 11) is 0. The Morgan fingerprint density at radius 1 is 1.61 bits per heavy atom. The van der Waals surface area contributed by atoms with Crippen molar-refractivity contribution in [3.8, 4) is 0 Å². The number of nitrogens with zero attached hydrogens (tertiary/aromatic N) is 2. The highest BCUT2D eigenvalue weighted by Crippen LogP contribution is 2.19. The van der Waals surface area contributed by atoms with Gasteiger partial charge in [0, 0.05) is 32.1 Å². The molecule has 2 rings (SSSR count). The molecule has 3 N–H and O–H groups in total. The van der Waals surface area contributed by atoms with Crippen molar-refractivity contribution in [3.05, 3.63) is 17.7 Å². The summed E-state index contributed by atoms with van der Waals surface area (Å²) < 4.78 is 1.82. The monoisotopic (exact) mass is 253 g/mol. The number of imidazole rings is 1. The zero-order valence-corrected chi connectivity index (χ0v) is 9.96. The van der Waals surface area contributed by atoms with Crippen molar-refractivity contribution in [2.24, 2.45) is 0 Å². The van der Waals surface area contributed by atoms with Crippen molar-refractivity contribution in [1.29, 1.82) is 0 Å². The molecular weight excluding hydrogens is 238 g/mol. The molecule has 1 aromatic heterocycles. The van der Waals surface area contributed by atoms with Gasteiger partial charge in [0.1, 0.15) is 5.82 Å². The largest absolute Gasteiger partial charge is 0.479 e. The lowest BCUT2D eigenvalue weighted by Crippen LogP contribution is -2.38. The van der Waals surface area contributed by atoms with Gasteiger partial charge < -0.3 is 20.1 Å². The van der Waals surface area contributed by atoms with Crippen LogP contribution in [0.1, 0.15) is 31.0 Å². The molecule has 0 saturated carbocycles. The molecular formula is C11H15N3O4. The lowest BCUT2D eigenvalue weighted by atomic mass is 10.1. The van der Waals surface area contributed by atoms with Gasteiger partial charge in [0.15, 0.2) is 6.10 Å².